The first-order valence-corrected chi connectivity index (χ1v) is 14.4. The molecule has 0 aliphatic carbocycles. The second-order valence-electron chi connectivity index (χ2n) is 11.1. The third-order valence-corrected chi connectivity index (χ3v) is 7.88. The molecule has 17 heteroatoms. The van der Waals surface area contributed by atoms with Gasteiger partial charge in [0.25, 0.3) is 11.8 Å². The van der Waals surface area contributed by atoms with Crippen LogP contribution in [0.5, 0.6) is 0 Å². The Labute approximate surface area is 266 Å². The SMILES string of the molecule is C[C@H](NC(=O)c1ccc2c(c1)B(O)OC2)[C@H](NC(=O)c1ccc2c(c1)B(O)OC2)C(=O)NC(CC(=O)O)c1cccc(C(F)(F)F)c1. The number of halogens is 3. The van der Waals surface area contributed by atoms with Gasteiger partial charge in [-0.1, -0.05) is 24.3 Å². The Balaban J connectivity index is 1.42. The fourth-order valence-corrected chi connectivity index (χ4v) is 5.35. The van der Waals surface area contributed by atoms with Gasteiger partial charge in [-0.05, 0) is 70.9 Å². The lowest BCUT2D eigenvalue weighted by molar-refractivity contribution is -0.138. The lowest BCUT2D eigenvalue weighted by Gasteiger charge is -2.28. The highest BCUT2D eigenvalue weighted by Gasteiger charge is 2.35. The van der Waals surface area contributed by atoms with E-state index in [1.807, 2.05) is 0 Å². The van der Waals surface area contributed by atoms with Crippen LogP contribution in [0, 0.1) is 0 Å². The van der Waals surface area contributed by atoms with Crippen LogP contribution in [0.4, 0.5) is 13.2 Å². The lowest BCUT2D eigenvalue weighted by atomic mass is 9.78. The van der Waals surface area contributed by atoms with E-state index in [0.29, 0.717) is 22.1 Å². The number of carboxylic acid groups (broad SMARTS) is 1. The molecule has 12 nitrogen and oxygen atoms in total. The molecule has 2 aliphatic heterocycles. The summed E-state index contributed by atoms with van der Waals surface area (Å²) in [5, 5.41) is 37.1. The number of alkyl halides is 3. The van der Waals surface area contributed by atoms with E-state index < -0.39 is 74.2 Å². The molecule has 0 saturated carbocycles. The molecule has 3 aromatic rings. The van der Waals surface area contributed by atoms with Gasteiger partial charge in [-0.2, -0.15) is 13.2 Å². The van der Waals surface area contributed by atoms with Gasteiger partial charge >= 0.3 is 26.4 Å². The van der Waals surface area contributed by atoms with Crippen molar-refractivity contribution in [3.63, 3.8) is 0 Å². The summed E-state index contributed by atoms with van der Waals surface area (Å²) in [6.07, 6.45) is -5.53. The summed E-state index contributed by atoms with van der Waals surface area (Å²) in [6.45, 7) is 1.67. The maximum absolute atomic E-state index is 13.8. The summed E-state index contributed by atoms with van der Waals surface area (Å²) >= 11 is 0. The Hall–Kier alpha value is -4.70. The van der Waals surface area contributed by atoms with Crippen LogP contribution in [-0.4, -0.2) is 65.2 Å². The van der Waals surface area contributed by atoms with Crippen LogP contribution in [0.25, 0.3) is 0 Å². The van der Waals surface area contributed by atoms with E-state index in [2.05, 4.69) is 16.0 Å². The average molecular weight is 653 g/mol. The fourth-order valence-electron chi connectivity index (χ4n) is 5.35. The Morgan fingerprint density at radius 2 is 1.38 bits per heavy atom. The molecular formula is C30H28B2F3N3O9. The standard InChI is InChI=1S/C30H28B2F3N3O9/c1-15(36-27(41)17-5-7-19-13-46-31(44)22(19)10-17)26(38-28(42)18-6-8-20-14-47-32(45)23(20)11-18)29(43)37-24(12-25(39)40)16-3-2-4-21(9-16)30(33,34)35/h2-11,15,24,26,44-45H,12-14H2,1H3,(H,36,41)(H,37,43)(H,38,42)(H,39,40)/t15-,24?,26-/m0/s1. The van der Waals surface area contributed by atoms with Crippen molar-refractivity contribution in [2.75, 3.05) is 0 Å². The fraction of sp³-hybridized carbons (Fsp3) is 0.267. The second-order valence-corrected chi connectivity index (χ2v) is 11.1. The highest BCUT2D eigenvalue weighted by atomic mass is 19.4. The van der Waals surface area contributed by atoms with Crippen molar-refractivity contribution in [3.8, 4) is 0 Å². The molecule has 5 rings (SSSR count). The third-order valence-electron chi connectivity index (χ3n) is 7.88. The number of nitrogens with one attached hydrogen (secondary N) is 3. The molecule has 0 spiro atoms. The largest absolute Gasteiger partial charge is 0.491 e. The topological polar surface area (TPSA) is 184 Å². The maximum atomic E-state index is 13.8. The minimum Gasteiger partial charge on any atom is -0.481 e. The van der Waals surface area contributed by atoms with Crippen LogP contribution >= 0.6 is 0 Å². The summed E-state index contributed by atoms with van der Waals surface area (Å²) in [6, 6.07) is 8.47. The van der Waals surface area contributed by atoms with Crippen LogP contribution < -0.4 is 26.9 Å². The van der Waals surface area contributed by atoms with Gasteiger partial charge in [0, 0.05) is 11.1 Å². The molecule has 3 aromatic carbocycles. The maximum Gasteiger partial charge on any atom is 0.491 e. The monoisotopic (exact) mass is 653 g/mol. The summed E-state index contributed by atoms with van der Waals surface area (Å²) in [5.74, 6) is -3.92. The van der Waals surface area contributed by atoms with E-state index in [-0.39, 0.29) is 29.9 Å². The van der Waals surface area contributed by atoms with E-state index >= 15 is 0 Å². The number of amides is 3. The number of carboxylic acids is 1. The number of aliphatic carboxylic acids is 1. The number of rotatable bonds is 10. The van der Waals surface area contributed by atoms with Gasteiger partial charge in [-0.3, -0.25) is 19.2 Å². The van der Waals surface area contributed by atoms with E-state index in [1.165, 1.54) is 37.3 Å². The van der Waals surface area contributed by atoms with Gasteiger partial charge in [0.1, 0.15) is 6.04 Å². The van der Waals surface area contributed by atoms with Gasteiger partial charge < -0.3 is 40.4 Å². The van der Waals surface area contributed by atoms with Gasteiger partial charge in [0.15, 0.2) is 0 Å². The molecule has 0 radical (unpaired) electrons. The molecule has 3 atom stereocenters. The highest BCUT2D eigenvalue weighted by Crippen LogP contribution is 2.31. The number of carbonyl (C=O) groups is 4. The van der Waals surface area contributed by atoms with Crippen LogP contribution in [0.3, 0.4) is 0 Å². The molecule has 1 unspecified atom stereocenters. The van der Waals surface area contributed by atoms with Crippen molar-refractivity contribution in [1.29, 1.82) is 0 Å². The first-order valence-electron chi connectivity index (χ1n) is 14.4. The van der Waals surface area contributed by atoms with Crippen molar-refractivity contribution in [3.05, 3.63) is 94.0 Å². The highest BCUT2D eigenvalue weighted by molar-refractivity contribution is 6.62. The zero-order chi connectivity index (χ0) is 34.0. The molecular weight excluding hydrogens is 625 g/mol. The van der Waals surface area contributed by atoms with Crippen molar-refractivity contribution >= 4 is 48.9 Å². The number of carbonyl (C=O) groups excluding carboxylic acids is 3. The minimum absolute atomic E-state index is 0.0252. The molecule has 0 aromatic heterocycles. The molecule has 47 heavy (non-hydrogen) atoms. The number of hydrogen-bond acceptors (Lipinski definition) is 8. The first-order chi connectivity index (χ1) is 22.2. The quantitative estimate of drug-likeness (QED) is 0.169. The van der Waals surface area contributed by atoms with Gasteiger partial charge in [0.05, 0.1) is 37.3 Å². The molecule has 244 valence electrons. The first kappa shape index (κ1) is 33.7. The smallest absolute Gasteiger partial charge is 0.481 e. The van der Waals surface area contributed by atoms with Crippen LogP contribution in [0.15, 0.2) is 60.7 Å². The van der Waals surface area contributed by atoms with E-state index in [4.69, 9.17) is 9.31 Å². The van der Waals surface area contributed by atoms with Crippen molar-refractivity contribution in [2.45, 2.75) is 50.9 Å². The molecule has 6 N–H and O–H groups in total. The molecule has 0 fully saturated rings. The van der Waals surface area contributed by atoms with E-state index in [0.717, 1.165) is 18.2 Å². The van der Waals surface area contributed by atoms with Crippen molar-refractivity contribution < 1.29 is 56.8 Å². The third kappa shape index (κ3) is 7.65. The Morgan fingerprint density at radius 1 is 0.830 bits per heavy atom. The summed E-state index contributed by atoms with van der Waals surface area (Å²) in [7, 11) is -2.50. The summed E-state index contributed by atoms with van der Waals surface area (Å²) in [5.41, 5.74) is 0.967. The number of fused-ring (bicyclic) bond motifs is 2. The molecule has 3 amide bonds. The zero-order valence-corrected chi connectivity index (χ0v) is 24.7. The molecule has 2 aliphatic rings. The molecule has 0 bridgehead atoms. The van der Waals surface area contributed by atoms with Crippen molar-refractivity contribution in [2.24, 2.45) is 0 Å². The van der Waals surface area contributed by atoms with Gasteiger partial charge in [0.2, 0.25) is 5.91 Å². The molecule has 0 saturated heterocycles. The predicted octanol–water partition coefficient (Wildman–Crippen LogP) is 0.390. The zero-order valence-electron chi connectivity index (χ0n) is 24.7. The number of benzene rings is 3. The van der Waals surface area contributed by atoms with E-state index in [9.17, 15) is 47.5 Å². The lowest BCUT2D eigenvalue weighted by Crippen LogP contribution is -2.58. The molecule has 2 heterocycles. The minimum atomic E-state index is -4.74. The Morgan fingerprint density at radius 3 is 1.91 bits per heavy atom. The van der Waals surface area contributed by atoms with Crippen LogP contribution in [0.2, 0.25) is 0 Å². The van der Waals surface area contributed by atoms with Crippen molar-refractivity contribution in [1.82, 2.24) is 16.0 Å². The van der Waals surface area contributed by atoms with E-state index in [1.54, 1.807) is 12.1 Å². The Bertz CT molecular complexity index is 1730. The summed E-state index contributed by atoms with van der Waals surface area (Å²) < 4.78 is 50.6. The van der Waals surface area contributed by atoms with Gasteiger partial charge in [-0.15, -0.1) is 0 Å². The van der Waals surface area contributed by atoms with Crippen LogP contribution in [0.1, 0.15) is 62.4 Å². The normalized spacial score (nSPS) is 15.7. The number of hydrogen-bond donors (Lipinski definition) is 6. The Kier molecular flexibility index (Phi) is 9.72. The summed E-state index contributed by atoms with van der Waals surface area (Å²) in [4.78, 5) is 52.0. The van der Waals surface area contributed by atoms with Gasteiger partial charge in [-0.25, -0.2) is 0 Å². The second kappa shape index (κ2) is 13.6. The predicted molar refractivity (Wildman–Crippen MR) is 160 cm³/mol. The average Bonchev–Trinajstić information content (AvgIpc) is 3.59. The van der Waals surface area contributed by atoms with Crippen LogP contribution in [-0.2, 0) is 38.3 Å².